The zero-order chi connectivity index (χ0) is 11.4. The van der Waals surface area contributed by atoms with E-state index < -0.39 is 5.97 Å². The second-order valence-electron chi connectivity index (χ2n) is 2.69. The van der Waals surface area contributed by atoms with Crippen molar-refractivity contribution in [2.45, 2.75) is 6.92 Å². The maximum absolute atomic E-state index is 11.4. The maximum atomic E-state index is 11.4. The van der Waals surface area contributed by atoms with Gasteiger partial charge in [0.25, 0.3) is 0 Å². The van der Waals surface area contributed by atoms with E-state index in [1.165, 1.54) is 12.1 Å². The quantitative estimate of drug-likeness (QED) is 0.669. The van der Waals surface area contributed by atoms with E-state index in [2.05, 4.69) is 0 Å². The highest BCUT2D eigenvalue weighted by atomic mass is 127. The lowest BCUT2D eigenvalue weighted by molar-refractivity contribution is 0.0523. The molecule has 0 fully saturated rings. The van der Waals surface area contributed by atoms with Crippen molar-refractivity contribution in [1.82, 2.24) is 0 Å². The Kier molecular flexibility index (Phi) is 3.91. The average molecular weight is 317 g/mol. The fraction of sp³-hybridized carbons (Fsp3) is 0.200. The Bertz CT molecular complexity index is 437. The average Bonchev–Trinajstić information content (AvgIpc) is 2.22. The van der Waals surface area contributed by atoms with Crippen molar-refractivity contribution in [2.24, 2.45) is 0 Å². The minimum absolute atomic E-state index is 0.0281. The van der Waals surface area contributed by atoms with E-state index in [0.29, 0.717) is 9.13 Å². The molecule has 0 radical (unpaired) electrons. The molecule has 0 aliphatic heterocycles. The van der Waals surface area contributed by atoms with Crippen LogP contribution in [0.2, 0.25) is 0 Å². The number of halogens is 1. The lowest BCUT2D eigenvalue weighted by Crippen LogP contribution is -2.06. The topological polar surface area (TPSA) is 70.3 Å². The molecule has 0 aliphatic carbocycles. The zero-order valence-corrected chi connectivity index (χ0v) is 10.1. The minimum Gasteiger partial charge on any atom is -0.506 e. The molecule has 0 saturated heterocycles. The van der Waals surface area contributed by atoms with Crippen LogP contribution in [-0.2, 0) is 4.74 Å². The zero-order valence-electron chi connectivity index (χ0n) is 7.95. The molecular formula is C10H8INO3. The molecule has 1 aromatic carbocycles. The van der Waals surface area contributed by atoms with Crippen LogP contribution in [0.5, 0.6) is 5.75 Å². The molecule has 0 amide bonds. The van der Waals surface area contributed by atoms with Crippen molar-refractivity contribution in [3.05, 3.63) is 26.8 Å². The third-order valence-electron chi connectivity index (χ3n) is 1.69. The van der Waals surface area contributed by atoms with Crippen molar-refractivity contribution in [2.75, 3.05) is 6.61 Å². The number of nitriles is 1. The lowest BCUT2D eigenvalue weighted by atomic mass is 10.1. The number of esters is 1. The first-order valence-corrected chi connectivity index (χ1v) is 5.27. The van der Waals surface area contributed by atoms with Gasteiger partial charge in [0.15, 0.2) is 0 Å². The van der Waals surface area contributed by atoms with Gasteiger partial charge >= 0.3 is 5.97 Å². The Morgan fingerprint density at radius 2 is 2.33 bits per heavy atom. The molecule has 0 heterocycles. The van der Waals surface area contributed by atoms with Gasteiger partial charge in [0, 0.05) is 0 Å². The number of ether oxygens (including phenoxy) is 1. The van der Waals surface area contributed by atoms with Gasteiger partial charge in [-0.15, -0.1) is 0 Å². The summed E-state index contributed by atoms with van der Waals surface area (Å²) in [7, 11) is 0. The SMILES string of the molecule is CCOC(=O)c1cc(C#N)cc(I)c1O. The molecule has 0 saturated carbocycles. The van der Waals surface area contributed by atoms with E-state index >= 15 is 0 Å². The van der Waals surface area contributed by atoms with Gasteiger partial charge in [0.1, 0.15) is 11.3 Å². The predicted molar refractivity (Wildman–Crippen MR) is 61.5 cm³/mol. The molecule has 1 N–H and O–H groups in total. The molecule has 0 atom stereocenters. The Labute approximate surface area is 101 Å². The Morgan fingerprint density at radius 3 is 2.87 bits per heavy atom. The number of rotatable bonds is 2. The standard InChI is InChI=1S/C10H8INO3/c1-2-15-10(14)7-3-6(5-12)4-8(11)9(7)13/h3-4,13H,2H2,1H3. The number of carbonyl (C=O) groups excluding carboxylic acids is 1. The van der Waals surface area contributed by atoms with E-state index in [9.17, 15) is 9.90 Å². The number of hydrogen-bond donors (Lipinski definition) is 1. The molecule has 15 heavy (non-hydrogen) atoms. The highest BCUT2D eigenvalue weighted by Gasteiger charge is 2.16. The van der Waals surface area contributed by atoms with Gasteiger partial charge < -0.3 is 9.84 Å². The van der Waals surface area contributed by atoms with E-state index in [1.54, 1.807) is 6.92 Å². The number of hydrogen-bond acceptors (Lipinski definition) is 4. The molecule has 0 unspecified atom stereocenters. The summed E-state index contributed by atoms with van der Waals surface area (Å²) in [6, 6.07) is 4.72. The van der Waals surface area contributed by atoms with Gasteiger partial charge in [-0.25, -0.2) is 4.79 Å². The number of phenols is 1. The Hall–Kier alpha value is -1.29. The van der Waals surface area contributed by atoms with Crippen molar-refractivity contribution in [3.8, 4) is 11.8 Å². The van der Waals surface area contributed by atoms with Crippen molar-refractivity contribution in [1.29, 1.82) is 5.26 Å². The summed E-state index contributed by atoms with van der Waals surface area (Å²) in [4.78, 5) is 11.4. The van der Waals surface area contributed by atoms with E-state index in [4.69, 9.17) is 10.00 Å². The summed E-state index contributed by atoms with van der Waals surface area (Å²) in [5, 5.41) is 18.3. The third kappa shape index (κ3) is 2.59. The summed E-state index contributed by atoms with van der Waals surface area (Å²) >= 11 is 1.85. The molecule has 78 valence electrons. The molecule has 5 heteroatoms. The van der Waals surface area contributed by atoms with Crippen LogP contribution in [0.1, 0.15) is 22.8 Å². The normalized spacial score (nSPS) is 9.40. The van der Waals surface area contributed by atoms with Crippen LogP contribution in [0, 0.1) is 14.9 Å². The van der Waals surface area contributed by atoms with Crippen LogP contribution in [0.3, 0.4) is 0 Å². The minimum atomic E-state index is -0.620. The highest BCUT2D eigenvalue weighted by Crippen LogP contribution is 2.26. The molecule has 1 rings (SSSR count). The first-order chi connectivity index (χ1) is 7.10. The van der Waals surface area contributed by atoms with Crippen LogP contribution in [0.4, 0.5) is 0 Å². The molecular weight excluding hydrogens is 309 g/mol. The molecule has 0 aromatic heterocycles. The summed E-state index contributed by atoms with van der Waals surface area (Å²) in [6.45, 7) is 1.90. The maximum Gasteiger partial charge on any atom is 0.341 e. The lowest BCUT2D eigenvalue weighted by Gasteiger charge is -2.06. The molecule has 0 spiro atoms. The monoisotopic (exact) mass is 317 g/mol. The van der Waals surface area contributed by atoms with Crippen LogP contribution >= 0.6 is 22.6 Å². The number of nitrogens with zero attached hydrogens (tertiary/aromatic N) is 1. The summed E-state index contributed by atoms with van der Waals surface area (Å²) in [6.07, 6.45) is 0. The third-order valence-corrected chi connectivity index (χ3v) is 2.51. The number of phenolic OH excluding ortho intramolecular Hbond substituents is 1. The number of benzene rings is 1. The summed E-state index contributed by atoms with van der Waals surface area (Å²) < 4.78 is 5.21. The van der Waals surface area contributed by atoms with E-state index in [0.717, 1.165) is 0 Å². The van der Waals surface area contributed by atoms with Gasteiger partial charge in [-0.2, -0.15) is 5.26 Å². The van der Waals surface area contributed by atoms with Crippen LogP contribution in [-0.4, -0.2) is 17.7 Å². The Morgan fingerprint density at radius 1 is 1.67 bits per heavy atom. The highest BCUT2D eigenvalue weighted by molar-refractivity contribution is 14.1. The van der Waals surface area contributed by atoms with Crippen LogP contribution in [0.15, 0.2) is 12.1 Å². The van der Waals surface area contributed by atoms with E-state index in [1.807, 2.05) is 28.7 Å². The first-order valence-electron chi connectivity index (χ1n) is 4.19. The molecule has 0 bridgehead atoms. The molecule has 1 aromatic rings. The van der Waals surface area contributed by atoms with Crippen LogP contribution < -0.4 is 0 Å². The smallest absolute Gasteiger partial charge is 0.341 e. The first kappa shape index (κ1) is 11.8. The van der Waals surface area contributed by atoms with Crippen molar-refractivity contribution >= 4 is 28.6 Å². The second-order valence-corrected chi connectivity index (χ2v) is 3.85. The Balaban J connectivity index is 3.23. The van der Waals surface area contributed by atoms with Crippen molar-refractivity contribution in [3.63, 3.8) is 0 Å². The second kappa shape index (κ2) is 4.98. The summed E-state index contributed by atoms with van der Waals surface area (Å²) in [5.74, 6) is -0.766. The molecule has 0 aliphatic rings. The van der Waals surface area contributed by atoms with Crippen molar-refractivity contribution < 1.29 is 14.6 Å². The number of carbonyl (C=O) groups is 1. The van der Waals surface area contributed by atoms with Gasteiger partial charge in [0.2, 0.25) is 0 Å². The van der Waals surface area contributed by atoms with Gasteiger partial charge in [-0.3, -0.25) is 0 Å². The van der Waals surface area contributed by atoms with Gasteiger partial charge in [-0.1, -0.05) is 0 Å². The fourth-order valence-electron chi connectivity index (χ4n) is 1.03. The fourth-order valence-corrected chi connectivity index (χ4v) is 1.65. The van der Waals surface area contributed by atoms with Crippen LogP contribution in [0.25, 0.3) is 0 Å². The predicted octanol–water partition coefficient (Wildman–Crippen LogP) is 2.05. The summed E-state index contributed by atoms with van der Waals surface area (Å²) in [5.41, 5.74) is 0.348. The van der Waals surface area contributed by atoms with E-state index in [-0.39, 0.29) is 17.9 Å². The largest absolute Gasteiger partial charge is 0.506 e. The molecule has 4 nitrogen and oxygen atoms in total. The van der Waals surface area contributed by atoms with Gasteiger partial charge in [0.05, 0.1) is 21.8 Å². The van der Waals surface area contributed by atoms with Gasteiger partial charge in [-0.05, 0) is 41.6 Å². The number of aromatic hydroxyl groups is 1.